The van der Waals surface area contributed by atoms with Crippen LogP contribution in [0.1, 0.15) is 28.7 Å². The van der Waals surface area contributed by atoms with Gasteiger partial charge < -0.3 is 9.73 Å². The topological polar surface area (TPSA) is 25.2 Å². The van der Waals surface area contributed by atoms with Crippen molar-refractivity contribution in [2.75, 3.05) is 7.05 Å². The maximum Gasteiger partial charge on any atom is 0.106 e. The largest absolute Gasteiger partial charge is 0.466 e. The zero-order chi connectivity index (χ0) is 10.8. The van der Waals surface area contributed by atoms with Gasteiger partial charge in [0.2, 0.25) is 0 Å². The van der Waals surface area contributed by atoms with Gasteiger partial charge in [0.1, 0.15) is 11.5 Å². The lowest BCUT2D eigenvalue weighted by Crippen LogP contribution is -2.17. The molecule has 0 saturated carbocycles. The van der Waals surface area contributed by atoms with Gasteiger partial charge >= 0.3 is 0 Å². The van der Waals surface area contributed by atoms with Crippen LogP contribution in [0.3, 0.4) is 0 Å². The van der Waals surface area contributed by atoms with E-state index in [1.54, 1.807) is 11.3 Å². The van der Waals surface area contributed by atoms with E-state index in [0.717, 1.165) is 11.5 Å². The molecule has 0 aliphatic carbocycles. The van der Waals surface area contributed by atoms with Crippen molar-refractivity contribution in [2.24, 2.45) is 0 Å². The van der Waals surface area contributed by atoms with Gasteiger partial charge in [0.25, 0.3) is 0 Å². The van der Waals surface area contributed by atoms with Gasteiger partial charge in [-0.05, 0) is 49.4 Å². The maximum atomic E-state index is 5.56. The van der Waals surface area contributed by atoms with E-state index in [2.05, 4.69) is 28.2 Å². The van der Waals surface area contributed by atoms with Crippen molar-refractivity contribution in [3.05, 3.63) is 45.5 Å². The van der Waals surface area contributed by atoms with E-state index in [1.165, 1.54) is 11.1 Å². The lowest BCUT2D eigenvalue weighted by atomic mass is 10.0. The molecule has 2 nitrogen and oxygen atoms in total. The van der Waals surface area contributed by atoms with Gasteiger partial charge in [0.15, 0.2) is 0 Å². The fraction of sp³-hybridized carbons (Fsp3) is 0.333. The highest BCUT2D eigenvalue weighted by Crippen LogP contribution is 2.28. The Kier molecular flexibility index (Phi) is 2.93. The fourth-order valence-corrected chi connectivity index (χ4v) is 2.56. The molecule has 0 aliphatic heterocycles. The van der Waals surface area contributed by atoms with Crippen molar-refractivity contribution in [2.45, 2.75) is 19.9 Å². The van der Waals surface area contributed by atoms with Crippen molar-refractivity contribution in [3.63, 3.8) is 0 Å². The van der Waals surface area contributed by atoms with E-state index < -0.39 is 0 Å². The third-order valence-corrected chi connectivity index (χ3v) is 3.26. The minimum Gasteiger partial charge on any atom is -0.466 e. The molecule has 0 spiro atoms. The van der Waals surface area contributed by atoms with Crippen molar-refractivity contribution >= 4 is 11.3 Å². The number of nitrogens with one attached hydrogen (secondary N) is 1. The van der Waals surface area contributed by atoms with Gasteiger partial charge in [-0.2, -0.15) is 11.3 Å². The van der Waals surface area contributed by atoms with Gasteiger partial charge in [0, 0.05) is 5.56 Å². The molecule has 0 aliphatic rings. The molecule has 1 unspecified atom stereocenters. The average Bonchev–Trinajstić information content (AvgIpc) is 2.79. The monoisotopic (exact) mass is 221 g/mol. The second kappa shape index (κ2) is 4.21. The summed E-state index contributed by atoms with van der Waals surface area (Å²) in [6.07, 6.45) is 0. The second-order valence-corrected chi connectivity index (χ2v) is 4.43. The first-order chi connectivity index (χ1) is 7.22. The molecule has 1 N–H and O–H groups in total. The zero-order valence-electron chi connectivity index (χ0n) is 9.20. The first-order valence-electron chi connectivity index (χ1n) is 4.98. The average molecular weight is 221 g/mol. The Bertz CT molecular complexity index is 430. The van der Waals surface area contributed by atoms with Crippen LogP contribution in [0.15, 0.2) is 27.3 Å². The minimum atomic E-state index is 0.244. The number of aryl methyl sites for hydroxylation is 2. The normalized spacial score (nSPS) is 13.0. The van der Waals surface area contributed by atoms with E-state index in [1.807, 2.05) is 20.9 Å². The summed E-state index contributed by atoms with van der Waals surface area (Å²) in [5.41, 5.74) is 2.53. The Balaban J connectivity index is 2.39. The summed E-state index contributed by atoms with van der Waals surface area (Å²) in [5.74, 6) is 1.97. The van der Waals surface area contributed by atoms with E-state index in [-0.39, 0.29) is 6.04 Å². The Hall–Kier alpha value is -1.06. The summed E-state index contributed by atoms with van der Waals surface area (Å²) in [6, 6.07) is 4.50. The summed E-state index contributed by atoms with van der Waals surface area (Å²) < 4.78 is 5.56. The van der Waals surface area contributed by atoms with Crippen molar-refractivity contribution in [1.82, 2.24) is 5.32 Å². The smallest absolute Gasteiger partial charge is 0.106 e. The first-order valence-corrected chi connectivity index (χ1v) is 5.93. The molecule has 2 heterocycles. The molecule has 15 heavy (non-hydrogen) atoms. The summed E-state index contributed by atoms with van der Waals surface area (Å²) in [6.45, 7) is 4.00. The lowest BCUT2D eigenvalue weighted by Gasteiger charge is -2.13. The third kappa shape index (κ3) is 1.98. The summed E-state index contributed by atoms with van der Waals surface area (Å²) in [7, 11) is 1.98. The van der Waals surface area contributed by atoms with Gasteiger partial charge in [-0.25, -0.2) is 0 Å². The van der Waals surface area contributed by atoms with Gasteiger partial charge in [0.05, 0.1) is 6.04 Å². The number of hydrogen-bond acceptors (Lipinski definition) is 3. The number of furan rings is 1. The molecular formula is C12H15NOS. The van der Waals surface area contributed by atoms with Crippen LogP contribution in [0.4, 0.5) is 0 Å². The van der Waals surface area contributed by atoms with Crippen LogP contribution < -0.4 is 5.32 Å². The third-order valence-electron chi connectivity index (χ3n) is 2.56. The van der Waals surface area contributed by atoms with Gasteiger partial charge in [-0.15, -0.1) is 0 Å². The van der Waals surface area contributed by atoms with Crippen molar-refractivity contribution in [3.8, 4) is 0 Å². The van der Waals surface area contributed by atoms with Crippen LogP contribution in [-0.4, -0.2) is 7.05 Å². The highest BCUT2D eigenvalue weighted by Gasteiger charge is 2.17. The van der Waals surface area contributed by atoms with Crippen LogP contribution >= 0.6 is 11.3 Å². The molecule has 80 valence electrons. The number of hydrogen-bond donors (Lipinski definition) is 1. The Labute approximate surface area is 93.9 Å². The van der Waals surface area contributed by atoms with Crippen LogP contribution in [0, 0.1) is 13.8 Å². The van der Waals surface area contributed by atoms with Gasteiger partial charge in [-0.1, -0.05) is 0 Å². The zero-order valence-corrected chi connectivity index (χ0v) is 10.0. The summed E-state index contributed by atoms with van der Waals surface area (Å²) in [4.78, 5) is 0. The van der Waals surface area contributed by atoms with E-state index in [0.29, 0.717) is 0 Å². The molecule has 1 atom stereocenters. The second-order valence-electron chi connectivity index (χ2n) is 3.65. The number of rotatable bonds is 3. The maximum absolute atomic E-state index is 5.56. The number of thiophene rings is 1. The quantitative estimate of drug-likeness (QED) is 0.860. The Morgan fingerprint density at radius 2 is 2.20 bits per heavy atom. The fourth-order valence-electron chi connectivity index (χ4n) is 1.88. The summed E-state index contributed by atoms with van der Waals surface area (Å²) in [5, 5.41) is 7.59. The molecule has 0 saturated heterocycles. The van der Waals surface area contributed by atoms with Gasteiger partial charge in [-0.3, -0.25) is 0 Å². The predicted molar refractivity (Wildman–Crippen MR) is 63.4 cm³/mol. The Morgan fingerprint density at radius 3 is 2.67 bits per heavy atom. The molecule has 0 radical (unpaired) electrons. The summed E-state index contributed by atoms with van der Waals surface area (Å²) >= 11 is 1.72. The molecule has 0 aromatic carbocycles. The van der Waals surface area contributed by atoms with Crippen LogP contribution in [0.25, 0.3) is 0 Å². The van der Waals surface area contributed by atoms with Crippen LogP contribution in [0.5, 0.6) is 0 Å². The highest BCUT2D eigenvalue weighted by atomic mass is 32.1. The lowest BCUT2D eigenvalue weighted by molar-refractivity contribution is 0.497. The predicted octanol–water partition coefficient (Wildman–Crippen LogP) is 3.27. The first kappa shape index (κ1) is 10.5. The van der Waals surface area contributed by atoms with E-state index >= 15 is 0 Å². The van der Waals surface area contributed by atoms with Crippen LogP contribution in [-0.2, 0) is 0 Å². The molecular weight excluding hydrogens is 206 g/mol. The standard InChI is InChI=1S/C12H15NOS/c1-8-6-11(9(2)14-8)12(13-3)10-4-5-15-7-10/h4-7,12-13H,1-3H3. The molecule has 2 aromatic heterocycles. The van der Waals surface area contributed by atoms with E-state index in [4.69, 9.17) is 4.42 Å². The minimum absolute atomic E-state index is 0.244. The molecule has 0 fully saturated rings. The van der Waals surface area contributed by atoms with Crippen molar-refractivity contribution in [1.29, 1.82) is 0 Å². The molecule has 0 bridgehead atoms. The molecule has 2 rings (SSSR count). The molecule has 0 amide bonds. The molecule has 3 heteroatoms. The van der Waals surface area contributed by atoms with E-state index in [9.17, 15) is 0 Å². The SMILES string of the molecule is CNC(c1ccsc1)c1cc(C)oc1C. The Morgan fingerprint density at radius 1 is 1.40 bits per heavy atom. The molecule has 2 aromatic rings. The highest BCUT2D eigenvalue weighted by molar-refractivity contribution is 7.08. The van der Waals surface area contributed by atoms with Crippen LogP contribution in [0.2, 0.25) is 0 Å². The van der Waals surface area contributed by atoms with Crippen molar-refractivity contribution < 1.29 is 4.42 Å².